The Morgan fingerprint density at radius 1 is 1.36 bits per heavy atom. The van der Waals surface area contributed by atoms with Crippen LogP contribution in [0.25, 0.3) is 0 Å². The van der Waals surface area contributed by atoms with E-state index in [9.17, 15) is 13.2 Å². The second-order valence-electron chi connectivity index (χ2n) is 5.43. The quantitative estimate of drug-likeness (QED) is 0.820. The first-order chi connectivity index (χ1) is 10.5. The molecule has 2 amide bonds. The van der Waals surface area contributed by atoms with Crippen molar-refractivity contribution >= 4 is 15.9 Å². The predicted molar refractivity (Wildman–Crippen MR) is 84.3 cm³/mol. The Kier molecular flexibility index (Phi) is 5.79. The number of hydrogen-bond donors (Lipinski definition) is 1. The van der Waals surface area contributed by atoms with Crippen molar-refractivity contribution in [3.8, 4) is 0 Å². The average molecular weight is 326 g/mol. The van der Waals surface area contributed by atoms with Crippen molar-refractivity contribution in [2.75, 3.05) is 31.2 Å². The molecule has 1 aliphatic rings. The van der Waals surface area contributed by atoms with Gasteiger partial charge in [0.25, 0.3) is 0 Å². The van der Waals surface area contributed by atoms with E-state index in [4.69, 9.17) is 4.74 Å². The molecule has 0 unspecified atom stereocenters. The molecule has 0 saturated carbocycles. The van der Waals surface area contributed by atoms with Gasteiger partial charge in [-0.3, -0.25) is 0 Å². The summed E-state index contributed by atoms with van der Waals surface area (Å²) in [5.41, 5.74) is 1.09. The summed E-state index contributed by atoms with van der Waals surface area (Å²) in [6.07, 6.45) is 0. The maximum Gasteiger partial charge on any atom is 0.317 e. The van der Waals surface area contributed by atoms with Crippen molar-refractivity contribution in [1.82, 2.24) is 10.2 Å². The molecule has 0 radical (unpaired) electrons. The van der Waals surface area contributed by atoms with Gasteiger partial charge in [0.1, 0.15) is 0 Å². The lowest BCUT2D eigenvalue weighted by Gasteiger charge is -2.33. The Bertz CT molecular complexity index is 589. The van der Waals surface area contributed by atoms with Crippen LogP contribution < -0.4 is 5.32 Å². The fourth-order valence-electron chi connectivity index (χ4n) is 2.40. The van der Waals surface area contributed by atoms with Gasteiger partial charge in [-0.2, -0.15) is 0 Å². The smallest absolute Gasteiger partial charge is 0.317 e. The Balaban J connectivity index is 1.66. The van der Waals surface area contributed by atoms with E-state index in [-0.39, 0.29) is 30.1 Å². The fourth-order valence-corrected chi connectivity index (χ4v) is 3.95. The van der Waals surface area contributed by atoms with Crippen LogP contribution in [-0.4, -0.2) is 56.6 Å². The molecule has 1 atom stereocenters. The van der Waals surface area contributed by atoms with Gasteiger partial charge >= 0.3 is 6.03 Å². The molecule has 1 aromatic rings. The minimum absolute atomic E-state index is 0.0327. The first kappa shape index (κ1) is 16.8. The highest BCUT2D eigenvalue weighted by Crippen LogP contribution is 2.11. The third-order valence-electron chi connectivity index (χ3n) is 3.57. The van der Waals surface area contributed by atoms with Crippen LogP contribution in [0.3, 0.4) is 0 Å². The van der Waals surface area contributed by atoms with Crippen molar-refractivity contribution in [2.24, 2.45) is 0 Å². The van der Waals surface area contributed by atoms with Crippen LogP contribution in [0.5, 0.6) is 0 Å². The Morgan fingerprint density at radius 2 is 2.09 bits per heavy atom. The number of carbonyl (C=O) groups is 1. The molecule has 22 heavy (non-hydrogen) atoms. The molecule has 0 bridgehead atoms. The lowest BCUT2D eigenvalue weighted by molar-refractivity contribution is 0.120. The third-order valence-corrected chi connectivity index (χ3v) is 5.36. The monoisotopic (exact) mass is 326 g/mol. The molecule has 1 aromatic carbocycles. The van der Waals surface area contributed by atoms with E-state index in [1.54, 1.807) is 11.8 Å². The molecule has 1 saturated heterocycles. The van der Waals surface area contributed by atoms with Gasteiger partial charge in [-0.15, -0.1) is 0 Å². The first-order valence-corrected chi connectivity index (χ1v) is 9.16. The topological polar surface area (TPSA) is 75.7 Å². The highest BCUT2D eigenvalue weighted by Gasteiger charge is 2.30. The number of carbonyl (C=O) groups excluding carboxylic acids is 1. The van der Waals surface area contributed by atoms with Gasteiger partial charge in [-0.05, 0) is 12.5 Å². The molecule has 0 aromatic heterocycles. The number of ether oxygens (including phenoxy) is 1. The highest BCUT2D eigenvalue weighted by atomic mass is 32.2. The van der Waals surface area contributed by atoms with Crippen LogP contribution in [0.15, 0.2) is 30.3 Å². The van der Waals surface area contributed by atoms with Gasteiger partial charge < -0.3 is 15.0 Å². The van der Waals surface area contributed by atoms with Gasteiger partial charge in [0.05, 0.1) is 24.7 Å². The van der Waals surface area contributed by atoms with Gasteiger partial charge in [-0.1, -0.05) is 30.3 Å². The number of rotatable bonds is 5. The molecule has 7 heteroatoms. The summed E-state index contributed by atoms with van der Waals surface area (Å²) in [5, 5.41) is 2.76. The van der Waals surface area contributed by atoms with Gasteiger partial charge in [0.15, 0.2) is 9.84 Å². The molecule has 1 fully saturated rings. The number of benzene rings is 1. The largest absolute Gasteiger partial charge is 0.375 e. The lowest BCUT2D eigenvalue weighted by Crippen LogP contribution is -2.53. The second-order valence-corrected chi connectivity index (χ2v) is 7.66. The van der Waals surface area contributed by atoms with Gasteiger partial charge in [-0.25, -0.2) is 13.2 Å². The normalized spacial score (nSPS) is 20.6. The molecule has 1 heterocycles. The SMILES string of the molecule is C[C@@H]1CS(=O)(=O)CCN1C(=O)NCCOCc1ccccc1. The van der Waals surface area contributed by atoms with Gasteiger partial charge in [0.2, 0.25) is 0 Å². The number of nitrogens with one attached hydrogen (secondary N) is 1. The number of sulfone groups is 1. The van der Waals surface area contributed by atoms with Crippen LogP contribution in [0.4, 0.5) is 4.79 Å². The Morgan fingerprint density at radius 3 is 2.77 bits per heavy atom. The zero-order valence-electron chi connectivity index (χ0n) is 12.7. The number of nitrogens with zero attached hydrogens (tertiary/aromatic N) is 1. The number of urea groups is 1. The van der Waals surface area contributed by atoms with Gasteiger partial charge in [0, 0.05) is 19.1 Å². The van der Waals surface area contributed by atoms with Crippen LogP contribution >= 0.6 is 0 Å². The maximum atomic E-state index is 12.0. The minimum atomic E-state index is -3.00. The predicted octanol–water partition coefficient (Wildman–Crippen LogP) is 1.03. The summed E-state index contributed by atoms with van der Waals surface area (Å²) >= 11 is 0. The molecule has 122 valence electrons. The zero-order valence-corrected chi connectivity index (χ0v) is 13.5. The lowest BCUT2D eigenvalue weighted by atomic mass is 10.2. The van der Waals surface area contributed by atoms with E-state index >= 15 is 0 Å². The van der Waals surface area contributed by atoms with E-state index in [1.165, 1.54) is 0 Å². The molecular weight excluding hydrogens is 304 g/mol. The first-order valence-electron chi connectivity index (χ1n) is 7.34. The third kappa shape index (κ3) is 4.99. The van der Waals surface area contributed by atoms with E-state index in [0.717, 1.165) is 5.56 Å². The highest BCUT2D eigenvalue weighted by molar-refractivity contribution is 7.91. The number of amides is 2. The Hall–Kier alpha value is -1.60. The summed E-state index contributed by atoms with van der Waals surface area (Å²) < 4.78 is 28.5. The minimum Gasteiger partial charge on any atom is -0.375 e. The molecular formula is C15H22N2O4S. The molecule has 1 aliphatic heterocycles. The fraction of sp³-hybridized carbons (Fsp3) is 0.533. The van der Waals surface area contributed by atoms with Crippen LogP contribution in [0.1, 0.15) is 12.5 Å². The van der Waals surface area contributed by atoms with E-state index in [0.29, 0.717) is 19.8 Å². The van der Waals surface area contributed by atoms with Crippen molar-refractivity contribution in [3.05, 3.63) is 35.9 Å². The van der Waals surface area contributed by atoms with Crippen LogP contribution in [0.2, 0.25) is 0 Å². The summed E-state index contributed by atoms with van der Waals surface area (Å²) in [7, 11) is -3.00. The summed E-state index contributed by atoms with van der Waals surface area (Å²) in [6, 6.07) is 9.29. The zero-order chi connectivity index (χ0) is 16.0. The van der Waals surface area contributed by atoms with E-state index < -0.39 is 9.84 Å². The van der Waals surface area contributed by atoms with Crippen LogP contribution in [-0.2, 0) is 21.2 Å². The average Bonchev–Trinajstić information content (AvgIpc) is 2.47. The van der Waals surface area contributed by atoms with Crippen LogP contribution in [0, 0.1) is 0 Å². The Labute approximate surface area is 131 Å². The standard InChI is InChI=1S/C15H22N2O4S/c1-13-12-22(19,20)10-8-17(13)15(18)16-7-9-21-11-14-5-3-2-4-6-14/h2-6,13H,7-12H2,1H3,(H,16,18)/t13-/m1/s1. The van der Waals surface area contributed by atoms with Crippen molar-refractivity contribution in [3.63, 3.8) is 0 Å². The summed E-state index contributed by atoms with van der Waals surface area (Å²) in [4.78, 5) is 13.6. The molecule has 1 N–H and O–H groups in total. The van der Waals surface area contributed by atoms with E-state index in [1.807, 2.05) is 30.3 Å². The number of hydrogen-bond acceptors (Lipinski definition) is 4. The maximum absolute atomic E-state index is 12.0. The summed E-state index contributed by atoms with van der Waals surface area (Å²) in [6.45, 7) is 3.33. The van der Waals surface area contributed by atoms with Crippen molar-refractivity contribution < 1.29 is 17.9 Å². The second kappa shape index (κ2) is 7.60. The molecule has 0 spiro atoms. The molecule has 6 nitrogen and oxygen atoms in total. The van der Waals surface area contributed by atoms with Crippen molar-refractivity contribution in [2.45, 2.75) is 19.6 Å². The summed E-state index contributed by atoms with van der Waals surface area (Å²) in [5.74, 6) is 0.0696. The van der Waals surface area contributed by atoms with Crippen molar-refractivity contribution in [1.29, 1.82) is 0 Å². The molecule has 2 rings (SSSR count). The van der Waals surface area contributed by atoms with E-state index in [2.05, 4.69) is 5.32 Å². The molecule has 0 aliphatic carbocycles.